The van der Waals surface area contributed by atoms with Crippen LogP contribution in [0, 0.1) is 10.1 Å². The molecule has 2 aromatic rings. The number of nitrogens with zero attached hydrogens (tertiary/aromatic N) is 1. The fourth-order valence-corrected chi connectivity index (χ4v) is 2.20. The summed E-state index contributed by atoms with van der Waals surface area (Å²) in [6.45, 7) is 0. The first-order valence-electron chi connectivity index (χ1n) is 4.39. The molecule has 16 heavy (non-hydrogen) atoms. The highest BCUT2D eigenvalue weighted by molar-refractivity contribution is 7.14. The average molecular weight is 236 g/mol. The number of phenolic OH excluding ortho intramolecular Hbond substituents is 1. The number of rotatable bonds is 2. The lowest BCUT2D eigenvalue weighted by atomic mass is 10.1. The van der Waals surface area contributed by atoms with Gasteiger partial charge in [-0.1, -0.05) is 0 Å². The Kier molecular flexibility index (Phi) is 2.49. The van der Waals surface area contributed by atoms with Crippen LogP contribution in [0.1, 0.15) is 0 Å². The van der Waals surface area contributed by atoms with E-state index in [0.29, 0.717) is 16.1 Å². The molecule has 1 aromatic heterocycles. The number of aromatic hydroxyl groups is 1. The van der Waals surface area contributed by atoms with Crippen LogP contribution in [0.25, 0.3) is 10.4 Å². The van der Waals surface area contributed by atoms with Gasteiger partial charge < -0.3 is 10.8 Å². The molecule has 3 N–H and O–H groups in total. The molecule has 0 amide bonds. The van der Waals surface area contributed by atoms with E-state index in [1.165, 1.54) is 28.8 Å². The number of benzene rings is 1. The first-order valence-corrected chi connectivity index (χ1v) is 5.27. The lowest BCUT2D eigenvalue weighted by molar-refractivity contribution is -0.384. The third-order valence-electron chi connectivity index (χ3n) is 2.08. The van der Waals surface area contributed by atoms with E-state index >= 15 is 0 Å². The summed E-state index contributed by atoms with van der Waals surface area (Å²) in [4.78, 5) is 10.7. The summed E-state index contributed by atoms with van der Waals surface area (Å²) in [6, 6.07) is 6.04. The van der Waals surface area contributed by atoms with E-state index in [0.717, 1.165) is 0 Å². The van der Waals surface area contributed by atoms with Crippen LogP contribution in [0.2, 0.25) is 0 Å². The van der Waals surface area contributed by atoms with Gasteiger partial charge in [-0.2, -0.15) is 0 Å². The van der Waals surface area contributed by atoms with Crippen molar-refractivity contribution in [3.8, 4) is 16.2 Å². The molecular weight excluding hydrogens is 228 g/mol. The van der Waals surface area contributed by atoms with Crippen LogP contribution < -0.4 is 5.73 Å². The molecule has 1 heterocycles. The molecule has 0 aliphatic carbocycles. The standard InChI is InChI=1S/C10H8N2O3S/c11-6-1-2-9(13)8(3-6)10-4-7(5-16-10)12(14)15/h1-5,13H,11H2. The average Bonchev–Trinajstić information content (AvgIpc) is 2.70. The Bertz CT molecular complexity index is 551. The van der Waals surface area contributed by atoms with Crippen molar-refractivity contribution in [2.75, 3.05) is 5.73 Å². The molecule has 5 nitrogen and oxygen atoms in total. The summed E-state index contributed by atoms with van der Waals surface area (Å²) in [5.41, 5.74) is 6.62. The van der Waals surface area contributed by atoms with Crippen LogP contribution in [0.15, 0.2) is 29.6 Å². The number of thiophene rings is 1. The Labute approximate surface area is 94.9 Å². The molecular formula is C10H8N2O3S. The topological polar surface area (TPSA) is 89.4 Å². The van der Waals surface area contributed by atoms with E-state index in [9.17, 15) is 15.2 Å². The summed E-state index contributed by atoms with van der Waals surface area (Å²) in [5, 5.41) is 21.6. The van der Waals surface area contributed by atoms with Crippen LogP contribution in [0.4, 0.5) is 11.4 Å². The fraction of sp³-hybridized carbons (Fsp3) is 0. The van der Waals surface area contributed by atoms with Crippen molar-refractivity contribution in [3.05, 3.63) is 39.8 Å². The molecule has 0 fully saturated rings. The number of anilines is 1. The quantitative estimate of drug-likeness (QED) is 0.363. The van der Waals surface area contributed by atoms with Gasteiger partial charge in [0.05, 0.1) is 10.3 Å². The Morgan fingerprint density at radius 3 is 2.75 bits per heavy atom. The molecule has 6 heteroatoms. The summed E-state index contributed by atoms with van der Waals surface area (Å²) in [6.07, 6.45) is 0. The smallest absolute Gasteiger partial charge is 0.280 e. The largest absolute Gasteiger partial charge is 0.507 e. The lowest BCUT2D eigenvalue weighted by Crippen LogP contribution is -1.85. The normalized spacial score (nSPS) is 10.2. The third kappa shape index (κ3) is 1.82. The van der Waals surface area contributed by atoms with E-state index in [-0.39, 0.29) is 11.4 Å². The summed E-state index contributed by atoms with van der Waals surface area (Å²) >= 11 is 1.20. The third-order valence-corrected chi connectivity index (χ3v) is 3.03. The molecule has 0 aliphatic heterocycles. The minimum atomic E-state index is -0.469. The maximum Gasteiger partial charge on any atom is 0.280 e. The molecule has 0 radical (unpaired) electrons. The Morgan fingerprint density at radius 1 is 1.38 bits per heavy atom. The van der Waals surface area contributed by atoms with Crippen LogP contribution in [-0.4, -0.2) is 10.0 Å². The molecule has 0 unspecified atom stereocenters. The first-order chi connectivity index (χ1) is 7.58. The zero-order valence-corrected chi connectivity index (χ0v) is 8.90. The van der Waals surface area contributed by atoms with Gasteiger partial charge in [-0.05, 0) is 18.2 Å². The van der Waals surface area contributed by atoms with Crippen LogP contribution >= 0.6 is 11.3 Å². The molecule has 0 spiro atoms. The molecule has 0 aliphatic rings. The second-order valence-electron chi connectivity index (χ2n) is 3.20. The lowest BCUT2D eigenvalue weighted by Gasteiger charge is -2.02. The molecule has 0 atom stereocenters. The van der Waals surface area contributed by atoms with E-state index in [1.807, 2.05) is 0 Å². The Morgan fingerprint density at radius 2 is 2.12 bits per heavy atom. The van der Waals surface area contributed by atoms with Gasteiger partial charge in [-0.3, -0.25) is 10.1 Å². The van der Waals surface area contributed by atoms with Gasteiger partial charge in [0, 0.05) is 22.2 Å². The molecule has 2 rings (SSSR count). The molecule has 82 valence electrons. The van der Waals surface area contributed by atoms with Crippen molar-refractivity contribution in [2.45, 2.75) is 0 Å². The number of phenols is 1. The van der Waals surface area contributed by atoms with Crippen molar-refractivity contribution in [2.24, 2.45) is 0 Å². The van der Waals surface area contributed by atoms with Crippen LogP contribution in [0.5, 0.6) is 5.75 Å². The number of nitro groups is 1. The minimum absolute atomic E-state index is 0.0156. The summed E-state index contributed by atoms with van der Waals surface area (Å²) in [7, 11) is 0. The molecule has 0 saturated carbocycles. The molecule has 0 saturated heterocycles. The van der Waals surface area contributed by atoms with Gasteiger partial charge in [0.25, 0.3) is 5.69 Å². The summed E-state index contributed by atoms with van der Waals surface area (Å²) < 4.78 is 0. The van der Waals surface area contributed by atoms with E-state index in [2.05, 4.69) is 0 Å². The second kappa shape index (κ2) is 3.82. The van der Waals surface area contributed by atoms with Crippen molar-refractivity contribution >= 4 is 22.7 Å². The number of nitrogens with two attached hydrogens (primary N) is 1. The predicted molar refractivity (Wildman–Crippen MR) is 62.5 cm³/mol. The van der Waals surface area contributed by atoms with Crippen molar-refractivity contribution < 1.29 is 10.0 Å². The number of nitrogen functional groups attached to an aromatic ring is 1. The maximum atomic E-state index is 10.5. The van der Waals surface area contributed by atoms with E-state index < -0.39 is 4.92 Å². The molecule has 0 bridgehead atoms. The number of hydrogen-bond acceptors (Lipinski definition) is 5. The van der Waals surface area contributed by atoms with Crippen molar-refractivity contribution in [3.63, 3.8) is 0 Å². The Balaban J connectivity index is 2.50. The van der Waals surface area contributed by atoms with E-state index in [1.54, 1.807) is 12.1 Å². The van der Waals surface area contributed by atoms with Crippen LogP contribution in [-0.2, 0) is 0 Å². The number of hydrogen-bond donors (Lipinski definition) is 2. The van der Waals surface area contributed by atoms with Crippen molar-refractivity contribution in [1.29, 1.82) is 0 Å². The van der Waals surface area contributed by atoms with Crippen molar-refractivity contribution in [1.82, 2.24) is 0 Å². The second-order valence-corrected chi connectivity index (χ2v) is 4.11. The zero-order valence-electron chi connectivity index (χ0n) is 8.08. The van der Waals surface area contributed by atoms with Gasteiger partial charge >= 0.3 is 0 Å². The fourth-order valence-electron chi connectivity index (χ4n) is 1.31. The van der Waals surface area contributed by atoms with E-state index in [4.69, 9.17) is 5.73 Å². The monoisotopic (exact) mass is 236 g/mol. The minimum Gasteiger partial charge on any atom is -0.507 e. The Hall–Kier alpha value is -2.08. The summed E-state index contributed by atoms with van der Waals surface area (Å²) in [5.74, 6) is 0.0611. The highest BCUT2D eigenvalue weighted by Gasteiger charge is 2.13. The first kappa shape index (κ1) is 10.4. The van der Waals surface area contributed by atoms with Gasteiger partial charge in [0.1, 0.15) is 5.75 Å². The SMILES string of the molecule is Nc1ccc(O)c(-c2cc([N+](=O)[O-])cs2)c1. The molecule has 1 aromatic carbocycles. The van der Waals surface area contributed by atoms with Gasteiger partial charge in [-0.25, -0.2) is 0 Å². The van der Waals surface area contributed by atoms with Crippen LogP contribution in [0.3, 0.4) is 0 Å². The highest BCUT2D eigenvalue weighted by Crippen LogP contribution is 2.37. The maximum absolute atomic E-state index is 10.5. The highest BCUT2D eigenvalue weighted by atomic mass is 32.1. The zero-order chi connectivity index (χ0) is 11.7. The predicted octanol–water partition coefficient (Wildman–Crippen LogP) is 2.61. The van der Waals surface area contributed by atoms with Gasteiger partial charge in [0.2, 0.25) is 0 Å². The van der Waals surface area contributed by atoms with Gasteiger partial charge in [0.15, 0.2) is 0 Å². The van der Waals surface area contributed by atoms with Gasteiger partial charge in [-0.15, -0.1) is 11.3 Å².